The molecular formula is C19H23N3O. The number of benzene rings is 2. The highest BCUT2D eigenvalue weighted by Crippen LogP contribution is 2.27. The van der Waals surface area contributed by atoms with Crippen LogP contribution in [-0.2, 0) is 6.42 Å². The van der Waals surface area contributed by atoms with E-state index in [1.807, 2.05) is 19.1 Å². The van der Waals surface area contributed by atoms with Gasteiger partial charge in [0.25, 0.3) is 5.91 Å². The minimum Gasteiger partial charge on any atom is -0.399 e. The molecule has 23 heavy (non-hydrogen) atoms. The van der Waals surface area contributed by atoms with E-state index in [0.29, 0.717) is 17.8 Å². The van der Waals surface area contributed by atoms with E-state index in [4.69, 9.17) is 5.73 Å². The zero-order valence-electron chi connectivity index (χ0n) is 13.5. The molecule has 1 heterocycles. The molecule has 1 aliphatic heterocycles. The number of aryl methyl sites for hydroxylation is 1. The number of nitrogens with zero attached hydrogens (tertiary/aromatic N) is 1. The summed E-state index contributed by atoms with van der Waals surface area (Å²) in [6.45, 7) is 4.63. The maximum Gasteiger partial charge on any atom is 0.251 e. The Balaban J connectivity index is 1.49. The molecule has 0 bridgehead atoms. The Morgan fingerprint density at radius 3 is 2.96 bits per heavy atom. The van der Waals surface area contributed by atoms with Gasteiger partial charge in [0.05, 0.1) is 0 Å². The fourth-order valence-electron chi connectivity index (χ4n) is 3.09. The van der Waals surface area contributed by atoms with Crippen LogP contribution in [-0.4, -0.2) is 25.5 Å². The van der Waals surface area contributed by atoms with Crippen LogP contribution in [0.4, 0.5) is 11.4 Å². The highest BCUT2D eigenvalue weighted by molar-refractivity contribution is 5.96. The first-order valence-electron chi connectivity index (χ1n) is 8.12. The number of hydrogen-bond acceptors (Lipinski definition) is 3. The second-order valence-electron chi connectivity index (χ2n) is 6.05. The third-order valence-electron chi connectivity index (χ3n) is 4.38. The highest BCUT2D eigenvalue weighted by Gasteiger charge is 2.17. The van der Waals surface area contributed by atoms with E-state index >= 15 is 0 Å². The summed E-state index contributed by atoms with van der Waals surface area (Å²) in [5.74, 6) is -0.0448. The number of nitrogen functional groups attached to an aromatic ring is 1. The van der Waals surface area contributed by atoms with Crippen molar-refractivity contribution < 1.29 is 4.79 Å². The minimum absolute atomic E-state index is 0.0448. The van der Waals surface area contributed by atoms with Gasteiger partial charge < -0.3 is 16.0 Å². The summed E-state index contributed by atoms with van der Waals surface area (Å²) in [5, 5.41) is 2.99. The molecule has 0 saturated carbocycles. The quantitative estimate of drug-likeness (QED) is 0.659. The minimum atomic E-state index is -0.0448. The summed E-state index contributed by atoms with van der Waals surface area (Å²) in [6, 6.07) is 14.0. The molecule has 0 aromatic heterocycles. The summed E-state index contributed by atoms with van der Waals surface area (Å²) in [7, 11) is 0. The largest absolute Gasteiger partial charge is 0.399 e. The second-order valence-corrected chi connectivity index (χ2v) is 6.05. The first-order chi connectivity index (χ1) is 11.1. The van der Waals surface area contributed by atoms with Crippen LogP contribution < -0.4 is 16.0 Å². The van der Waals surface area contributed by atoms with E-state index in [2.05, 4.69) is 34.5 Å². The first-order valence-corrected chi connectivity index (χ1v) is 8.12. The molecule has 0 fully saturated rings. The number of rotatable bonds is 5. The molecule has 0 radical (unpaired) electrons. The highest BCUT2D eigenvalue weighted by atomic mass is 16.1. The number of fused-ring (bicyclic) bond motifs is 1. The predicted molar refractivity (Wildman–Crippen MR) is 94.9 cm³/mol. The molecular weight excluding hydrogens is 286 g/mol. The summed E-state index contributed by atoms with van der Waals surface area (Å²) < 4.78 is 0. The smallest absolute Gasteiger partial charge is 0.251 e. The maximum absolute atomic E-state index is 12.2. The SMILES string of the molecule is Cc1ccc(N)cc1C(=O)NCCCN1CCc2ccccc21. The topological polar surface area (TPSA) is 58.4 Å². The van der Waals surface area contributed by atoms with Crippen molar-refractivity contribution in [3.8, 4) is 0 Å². The third kappa shape index (κ3) is 3.47. The van der Waals surface area contributed by atoms with Gasteiger partial charge in [-0.15, -0.1) is 0 Å². The van der Waals surface area contributed by atoms with Crippen molar-refractivity contribution >= 4 is 17.3 Å². The summed E-state index contributed by atoms with van der Waals surface area (Å²) in [6.07, 6.45) is 2.05. The molecule has 3 N–H and O–H groups in total. The van der Waals surface area contributed by atoms with Gasteiger partial charge in [0.2, 0.25) is 0 Å². The van der Waals surface area contributed by atoms with Crippen LogP contribution in [0.5, 0.6) is 0 Å². The lowest BCUT2D eigenvalue weighted by atomic mass is 10.1. The van der Waals surface area contributed by atoms with E-state index in [9.17, 15) is 4.79 Å². The zero-order chi connectivity index (χ0) is 16.2. The van der Waals surface area contributed by atoms with Gasteiger partial charge in [0.15, 0.2) is 0 Å². The van der Waals surface area contributed by atoms with Crippen molar-refractivity contribution in [2.75, 3.05) is 30.3 Å². The second kappa shape index (κ2) is 6.73. The Morgan fingerprint density at radius 2 is 2.09 bits per heavy atom. The van der Waals surface area contributed by atoms with Gasteiger partial charge in [0, 0.05) is 36.6 Å². The summed E-state index contributed by atoms with van der Waals surface area (Å²) >= 11 is 0. The number of carbonyl (C=O) groups excluding carboxylic acids is 1. The molecule has 3 rings (SSSR count). The lowest BCUT2D eigenvalue weighted by Crippen LogP contribution is -2.29. The monoisotopic (exact) mass is 309 g/mol. The summed E-state index contributed by atoms with van der Waals surface area (Å²) in [4.78, 5) is 14.6. The van der Waals surface area contributed by atoms with E-state index in [1.165, 1.54) is 11.3 Å². The van der Waals surface area contributed by atoms with Gasteiger partial charge in [-0.3, -0.25) is 4.79 Å². The van der Waals surface area contributed by atoms with Crippen molar-refractivity contribution in [2.24, 2.45) is 0 Å². The lowest BCUT2D eigenvalue weighted by Gasteiger charge is -2.19. The van der Waals surface area contributed by atoms with Gasteiger partial charge in [0.1, 0.15) is 0 Å². The number of carbonyl (C=O) groups is 1. The number of amides is 1. The molecule has 120 valence electrons. The molecule has 0 aliphatic carbocycles. The van der Waals surface area contributed by atoms with Crippen LogP contribution >= 0.6 is 0 Å². The number of hydrogen-bond donors (Lipinski definition) is 2. The van der Waals surface area contributed by atoms with Crippen LogP contribution in [0.3, 0.4) is 0 Å². The van der Waals surface area contributed by atoms with Gasteiger partial charge in [-0.1, -0.05) is 24.3 Å². The van der Waals surface area contributed by atoms with E-state index in [-0.39, 0.29) is 5.91 Å². The number of anilines is 2. The third-order valence-corrected chi connectivity index (χ3v) is 4.38. The van der Waals surface area contributed by atoms with Crippen LogP contribution in [0, 0.1) is 6.92 Å². The van der Waals surface area contributed by atoms with Crippen LogP contribution in [0.25, 0.3) is 0 Å². The fraction of sp³-hybridized carbons (Fsp3) is 0.316. The Labute approximate surface area is 137 Å². The molecule has 1 aliphatic rings. The number of para-hydroxylation sites is 1. The normalized spacial score (nSPS) is 13.0. The Kier molecular flexibility index (Phi) is 4.51. The first kappa shape index (κ1) is 15.4. The number of nitrogens with one attached hydrogen (secondary N) is 1. The van der Waals surface area contributed by atoms with Crippen molar-refractivity contribution in [3.63, 3.8) is 0 Å². The molecule has 0 unspecified atom stereocenters. The molecule has 1 amide bonds. The summed E-state index contributed by atoms with van der Waals surface area (Å²) in [5.41, 5.74) is 10.8. The predicted octanol–water partition coefficient (Wildman–Crippen LogP) is 2.76. The van der Waals surface area contributed by atoms with E-state index in [1.54, 1.807) is 6.07 Å². The molecule has 0 spiro atoms. The Morgan fingerprint density at radius 1 is 1.26 bits per heavy atom. The number of nitrogens with two attached hydrogens (primary N) is 1. The maximum atomic E-state index is 12.2. The van der Waals surface area contributed by atoms with E-state index < -0.39 is 0 Å². The molecule has 4 heteroatoms. The molecule has 2 aromatic carbocycles. The molecule has 4 nitrogen and oxygen atoms in total. The standard InChI is InChI=1S/C19H23N3O/c1-14-7-8-16(20)13-17(14)19(23)21-10-4-11-22-12-9-15-5-2-3-6-18(15)22/h2-3,5-8,13H,4,9-12,20H2,1H3,(H,21,23). The van der Waals surface area contributed by atoms with Gasteiger partial charge in [-0.25, -0.2) is 0 Å². The average Bonchev–Trinajstić information content (AvgIpc) is 2.97. The van der Waals surface area contributed by atoms with Crippen molar-refractivity contribution in [1.29, 1.82) is 0 Å². The van der Waals surface area contributed by atoms with Crippen LogP contribution in [0.2, 0.25) is 0 Å². The average molecular weight is 309 g/mol. The van der Waals surface area contributed by atoms with Crippen molar-refractivity contribution in [3.05, 3.63) is 59.2 Å². The van der Waals surface area contributed by atoms with Gasteiger partial charge >= 0.3 is 0 Å². The van der Waals surface area contributed by atoms with Crippen LogP contribution in [0.1, 0.15) is 27.9 Å². The van der Waals surface area contributed by atoms with Gasteiger partial charge in [-0.2, -0.15) is 0 Å². The van der Waals surface area contributed by atoms with Crippen molar-refractivity contribution in [2.45, 2.75) is 19.8 Å². The molecule has 0 saturated heterocycles. The molecule has 2 aromatic rings. The van der Waals surface area contributed by atoms with Gasteiger partial charge in [-0.05, 0) is 49.1 Å². The van der Waals surface area contributed by atoms with Crippen molar-refractivity contribution in [1.82, 2.24) is 5.32 Å². The zero-order valence-corrected chi connectivity index (χ0v) is 13.5. The fourth-order valence-corrected chi connectivity index (χ4v) is 3.09. The Bertz CT molecular complexity index is 712. The molecule has 0 atom stereocenters. The van der Waals surface area contributed by atoms with Crippen LogP contribution in [0.15, 0.2) is 42.5 Å². The van der Waals surface area contributed by atoms with E-state index in [0.717, 1.165) is 31.5 Å². The lowest BCUT2D eigenvalue weighted by molar-refractivity contribution is 0.0953. The Hall–Kier alpha value is -2.49.